The number of non-ortho nitro benzene ring substituents is 2. The number of rotatable bonds is 5. The fourth-order valence-corrected chi connectivity index (χ4v) is 2.09. The minimum atomic E-state index is -0.775. The van der Waals surface area contributed by atoms with Crippen molar-refractivity contribution in [1.82, 2.24) is 0 Å². The predicted octanol–water partition coefficient (Wildman–Crippen LogP) is 3.36. The molecule has 26 heavy (non-hydrogen) atoms. The molecule has 1 N–H and O–H groups in total. The van der Waals surface area contributed by atoms with E-state index in [2.05, 4.69) is 5.32 Å². The number of nitro benzene ring substituents is 2. The van der Waals surface area contributed by atoms with E-state index < -0.39 is 15.8 Å². The molecule has 2 rings (SSSR count). The van der Waals surface area contributed by atoms with Crippen LogP contribution in [-0.4, -0.2) is 15.8 Å². The molecule has 0 spiro atoms. The Labute approximate surface area is 147 Å². The zero-order valence-corrected chi connectivity index (χ0v) is 13.5. The summed E-state index contributed by atoms with van der Waals surface area (Å²) in [4.78, 5) is 32.7. The van der Waals surface area contributed by atoms with E-state index in [1.54, 1.807) is 13.0 Å². The topological polar surface area (TPSA) is 139 Å². The number of aryl methyl sites for hydroxylation is 1. The molecule has 0 aliphatic heterocycles. The average molecular weight is 352 g/mol. The summed E-state index contributed by atoms with van der Waals surface area (Å²) in [5, 5.41) is 33.3. The fraction of sp³-hybridized carbons (Fsp3) is 0.0588. The number of hydrogen-bond acceptors (Lipinski definition) is 6. The van der Waals surface area contributed by atoms with Gasteiger partial charge in [0.1, 0.15) is 11.6 Å². The normalized spacial score (nSPS) is 10.7. The lowest BCUT2D eigenvalue weighted by atomic mass is 10.1. The molecule has 0 saturated carbocycles. The van der Waals surface area contributed by atoms with Crippen molar-refractivity contribution in [2.24, 2.45) is 0 Å². The van der Waals surface area contributed by atoms with Gasteiger partial charge < -0.3 is 5.32 Å². The first-order valence-corrected chi connectivity index (χ1v) is 7.24. The number of amides is 1. The molecular formula is C17H12N4O5. The Balaban J connectivity index is 2.31. The van der Waals surface area contributed by atoms with Crippen LogP contribution < -0.4 is 5.32 Å². The van der Waals surface area contributed by atoms with Crippen molar-refractivity contribution >= 4 is 29.0 Å². The average Bonchev–Trinajstić information content (AvgIpc) is 2.61. The summed E-state index contributed by atoms with van der Waals surface area (Å²) in [6.07, 6.45) is 1.20. The number of benzene rings is 2. The number of nitrogens with zero attached hydrogens (tertiary/aromatic N) is 3. The Morgan fingerprint density at radius 3 is 2.38 bits per heavy atom. The number of anilines is 1. The van der Waals surface area contributed by atoms with Crippen molar-refractivity contribution in [3.63, 3.8) is 0 Å². The second kappa shape index (κ2) is 7.67. The van der Waals surface area contributed by atoms with E-state index in [9.17, 15) is 30.3 Å². The summed E-state index contributed by atoms with van der Waals surface area (Å²) in [6, 6.07) is 11.1. The highest BCUT2D eigenvalue weighted by Crippen LogP contribution is 2.23. The zero-order chi connectivity index (χ0) is 19.3. The number of carbonyl (C=O) groups excluding carboxylic acids is 1. The highest BCUT2D eigenvalue weighted by Gasteiger charge is 2.15. The Morgan fingerprint density at radius 2 is 1.77 bits per heavy atom. The summed E-state index contributed by atoms with van der Waals surface area (Å²) >= 11 is 0. The largest absolute Gasteiger partial charge is 0.321 e. The van der Waals surface area contributed by atoms with Crippen LogP contribution in [0.15, 0.2) is 48.0 Å². The van der Waals surface area contributed by atoms with Crippen molar-refractivity contribution in [3.8, 4) is 6.07 Å². The molecular weight excluding hydrogens is 340 g/mol. The molecule has 0 fully saturated rings. The molecule has 0 saturated heterocycles. The molecule has 130 valence electrons. The summed E-state index contributed by atoms with van der Waals surface area (Å²) < 4.78 is 0. The van der Waals surface area contributed by atoms with Crippen molar-refractivity contribution in [2.75, 3.05) is 5.32 Å². The van der Waals surface area contributed by atoms with Crippen LogP contribution in [0.1, 0.15) is 11.1 Å². The molecule has 0 radical (unpaired) electrons. The molecule has 0 atom stereocenters. The maximum atomic E-state index is 12.3. The van der Waals surface area contributed by atoms with Gasteiger partial charge in [-0.3, -0.25) is 25.0 Å². The van der Waals surface area contributed by atoms with Gasteiger partial charge in [-0.2, -0.15) is 5.26 Å². The number of hydrogen-bond donors (Lipinski definition) is 1. The molecule has 0 aliphatic carbocycles. The maximum absolute atomic E-state index is 12.3. The van der Waals surface area contributed by atoms with Gasteiger partial charge in [-0.1, -0.05) is 18.2 Å². The van der Waals surface area contributed by atoms with Crippen LogP contribution in [0.25, 0.3) is 6.08 Å². The van der Waals surface area contributed by atoms with Crippen molar-refractivity contribution in [1.29, 1.82) is 5.26 Å². The van der Waals surface area contributed by atoms with Crippen LogP contribution in [0.4, 0.5) is 17.1 Å². The van der Waals surface area contributed by atoms with E-state index in [0.717, 1.165) is 0 Å². The van der Waals surface area contributed by atoms with E-state index in [0.29, 0.717) is 11.1 Å². The molecule has 9 nitrogen and oxygen atoms in total. The first-order valence-electron chi connectivity index (χ1n) is 7.24. The van der Waals surface area contributed by atoms with E-state index in [-0.39, 0.29) is 22.6 Å². The molecule has 9 heteroatoms. The lowest BCUT2D eigenvalue weighted by Gasteiger charge is -2.07. The molecule has 0 heterocycles. The van der Waals surface area contributed by atoms with Gasteiger partial charge in [-0.15, -0.1) is 0 Å². The van der Waals surface area contributed by atoms with Gasteiger partial charge in [0.2, 0.25) is 0 Å². The molecule has 1 amide bonds. The number of nitro groups is 2. The van der Waals surface area contributed by atoms with Crippen LogP contribution in [0.2, 0.25) is 0 Å². The Kier molecular flexibility index (Phi) is 5.40. The van der Waals surface area contributed by atoms with Gasteiger partial charge in [0.05, 0.1) is 15.5 Å². The van der Waals surface area contributed by atoms with Gasteiger partial charge in [0.25, 0.3) is 17.3 Å². The SMILES string of the molecule is Cc1ccc([N+](=O)[O-])cc1NC(=O)C(C#N)=Cc1cccc([N+](=O)[O-])c1. The molecule has 0 unspecified atom stereocenters. The minimum Gasteiger partial charge on any atom is -0.321 e. The first kappa shape index (κ1) is 18.3. The summed E-state index contributed by atoms with van der Waals surface area (Å²) in [7, 11) is 0. The quantitative estimate of drug-likeness (QED) is 0.379. The third-order valence-corrected chi connectivity index (χ3v) is 3.44. The van der Waals surface area contributed by atoms with E-state index >= 15 is 0 Å². The van der Waals surface area contributed by atoms with E-state index in [1.807, 2.05) is 0 Å². The van der Waals surface area contributed by atoms with Gasteiger partial charge in [-0.25, -0.2) is 0 Å². The summed E-state index contributed by atoms with van der Waals surface area (Å²) in [5.74, 6) is -0.775. The van der Waals surface area contributed by atoms with Crippen molar-refractivity contribution < 1.29 is 14.6 Å². The second-order valence-corrected chi connectivity index (χ2v) is 5.23. The second-order valence-electron chi connectivity index (χ2n) is 5.23. The van der Waals surface area contributed by atoms with Crippen LogP contribution in [-0.2, 0) is 4.79 Å². The lowest BCUT2D eigenvalue weighted by Crippen LogP contribution is -2.14. The third-order valence-electron chi connectivity index (χ3n) is 3.44. The van der Waals surface area contributed by atoms with Crippen LogP contribution >= 0.6 is 0 Å². The highest BCUT2D eigenvalue weighted by molar-refractivity contribution is 6.10. The lowest BCUT2D eigenvalue weighted by molar-refractivity contribution is -0.385. The van der Waals surface area contributed by atoms with Crippen LogP contribution in [0, 0.1) is 38.5 Å². The van der Waals surface area contributed by atoms with Gasteiger partial charge in [0.15, 0.2) is 0 Å². The predicted molar refractivity (Wildman–Crippen MR) is 93.1 cm³/mol. The fourth-order valence-electron chi connectivity index (χ4n) is 2.09. The smallest absolute Gasteiger partial charge is 0.271 e. The minimum absolute atomic E-state index is 0.175. The number of carbonyl (C=O) groups is 1. The molecule has 0 aliphatic rings. The Hall–Kier alpha value is -4.06. The molecule has 2 aromatic carbocycles. The van der Waals surface area contributed by atoms with Gasteiger partial charge >= 0.3 is 0 Å². The summed E-state index contributed by atoms with van der Waals surface area (Å²) in [6.45, 7) is 1.65. The van der Waals surface area contributed by atoms with E-state index in [1.165, 1.54) is 48.5 Å². The molecule has 2 aromatic rings. The Bertz CT molecular complexity index is 975. The molecule has 0 aromatic heterocycles. The van der Waals surface area contributed by atoms with E-state index in [4.69, 9.17) is 0 Å². The third kappa shape index (κ3) is 4.27. The first-order chi connectivity index (χ1) is 12.3. The summed E-state index contributed by atoms with van der Waals surface area (Å²) in [5.41, 5.74) is 0.414. The zero-order valence-electron chi connectivity index (χ0n) is 13.5. The van der Waals surface area contributed by atoms with Crippen molar-refractivity contribution in [3.05, 3.63) is 79.4 Å². The molecule has 0 bridgehead atoms. The van der Waals surface area contributed by atoms with Gasteiger partial charge in [-0.05, 0) is 24.1 Å². The standard InChI is InChI=1S/C17H12N4O5/c1-11-5-6-15(21(25)26)9-16(11)19-17(22)13(10-18)7-12-3-2-4-14(8-12)20(23)24/h2-9H,1H3,(H,19,22). The number of nitriles is 1. The van der Waals surface area contributed by atoms with Crippen molar-refractivity contribution in [2.45, 2.75) is 6.92 Å². The maximum Gasteiger partial charge on any atom is 0.271 e. The van der Waals surface area contributed by atoms with Crippen LogP contribution in [0.5, 0.6) is 0 Å². The number of nitrogens with one attached hydrogen (secondary N) is 1. The van der Waals surface area contributed by atoms with Crippen LogP contribution in [0.3, 0.4) is 0 Å². The van der Waals surface area contributed by atoms with Gasteiger partial charge in [0, 0.05) is 24.3 Å². The Morgan fingerprint density at radius 1 is 1.12 bits per heavy atom. The highest BCUT2D eigenvalue weighted by atomic mass is 16.6. The monoisotopic (exact) mass is 352 g/mol.